The lowest BCUT2D eigenvalue weighted by Crippen LogP contribution is -2.31. The summed E-state index contributed by atoms with van der Waals surface area (Å²) in [5.41, 5.74) is 1.57. The molecule has 7 heteroatoms. The molecule has 0 fully saturated rings. The van der Waals surface area contributed by atoms with E-state index in [1.165, 1.54) is 0 Å². The van der Waals surface area contributed by atoms with Crippen molar-refractivity contribution in [3.63, 3.8) is 0 Å². The van der Waals surface area contributed by atoms with Crippen molar-refractivity contribution in [2.75, 3.05) is 13.2 Å². The first kappa shape index (κ1) is 25.0. The van der Waals surface area contributed by atoms with Gasteiger partial charge in [0, 0.05) is 12.8 Å². The molecule has 0 bridgehead atoms. The van der Waals surface area contributed by atoms with Crippen LogP contribution in [0.25, 0.3) is 10.9 Å². The number of carbonyl (C=O) groups excluding carboxylic acids is 1. The molecule has 4 aromatic rings. The number of carbonyl (C=O) groups is 1. The Labute approximate surface area is 210 Å². The predicted octanol–water partition coefficient (Wildman–Crippen LogP) is 4.59. The van der Waals surface area contributed by atoms with Gasteiger partial charge in [-0.1, -0.05) is 49.4 Å². The van der Waals surface area contributed by atoms with Crippen molar-refractivity contribution in [3.8, 4) is 11.5 Å². The number of para-hydroxylation sites is 2. The van der Waals surface area contributed by atoms with Crippen molar-refractivity contribution in [1.29, 1.82) is 0 Å². The lowest BCUT2D eigenvalue weighted by Gasteiger charge is -2.18. The number of rotatable bonds is 11. The van der Waals surface area contributed by atoms with E-state index in [0.29, 0.717) is 48.4 Å². The number of aromatic nitrogens is 2. The van der Waals surface area contributed by atoms with E-state index < -0.39 is 12.1 Å². The number of nitrogens with zero attached hydrogens (tertiary/aromatic N) is 2. The van der Waals surface area contributed by atoms with Crippen LogP contribution in [0.2, 0.25) is 0 Å². The van der Waals surface area contributed by atoms with Gasteiger partial charge in [-0.25, -0.2) is 9.78 Å². The average molecular weight is 487 g/mol. The predicted molar refractivity (Wildman–Crippen MR) is 139 cm³/mol. The molecule has 0 N–H and O–H groups in total. The van der Waals surface area contributed by atoms with Crippen molar-refractivity contribution in [1.82, 2.24) is 9.55 Å². The van der Waals surface area contributed by atoms with E-state index in [-0.39, 0.29) is 12.2 Å². The van der Waals surface area contributed by atoms with Gasteiger partial charge in [-0.15, -0.1) is 0 Å². The molecular weight excluding hydrogens is 456 g/mol. The highest BCUT2D eigenvalue weighted by molar-refractivity contribution is 5.77. The molecule has 186 valence electrons. The SMILES string of the molecule is CCOC(=O)C(Cc1ccc(OCCn2c(CC)nc3ccccc3c2=O)cc1)Oc1ccccc1. The molecule has 0 saturated carbocycles. The summed E-state index contributed by atoms with van der Waals surface area (Å²) in [7, 11) is 0. The van der Waals surface area contributed by atoms with Crippen molar-refractivity contribution in [3.05, 3.63) is 101 Å². The number of ether oxygens (including phenoxy) is 3. The Hall–Kier alpha value is -4.13. The van der Waals surface area contributed by atoms with Crippen LogP contribution >= 0.6 is 0 Å². The van der Waals surface area contributed by atoms with Crippen LogP contribution < -0.4 is 15.0 Å². The first-order valence-electron chi connectivity index (χ1n) is 12.2. The zero-order chi connectivity index (χ0) is 25.3. The van der Waals surface area contributed by atoms with Gasteiger partial charge >= 0.3 is 5.97 Å². The van der Waals surface area contributed by atoms with Crippen LogP contribution in [-0.2, 0) is 28.9 Å². The Bertz CT molecular complexity index is 1350. The Kier molecular flexibility index (Phi) is 8.34. The number of benzene rings is 3. The molecule has 1 atom stereocenters. The maximum atomic E-state index is 12.9. The summed E-state index contributed by atoms with van der Waals surface area (Å²) in [5.74, 6) is 1.62. The van der Waals surface area contributed by atoms with E-state index in [9.17, 15) is 9.59 Å². The third kappa shape index (κ3) is 6.10. The van der Waals surface area contributed by atoms with Crippen LogP contribution in [0.5, 0.6) is 11.5 Å². The lowest BCUT2D eigenvalue weighted by atomic mass is 10.1. The third-order valence-corrected chi connectivity index (χ3v) is 5.76. The standard InChI is InChI=1S/C29H30N2O5/c1-3-27-30-25-13-9-8-12-24(25)28(32)31(27)18-19-35-22-16-14-21(15-17-22)20-26(29(33)34-4-2)36-23-10-6-5-7-11-23/h5-17,26H,3-4,18-20H2,1-2H3. The second-order valence-corrected chi connectivity index (χ2v) is 8.22. The van der Waals surface area contributed by atoms with Crippen molar-refractivity contribution in [2.24, 2.45) is 0 Å². The minimum atomic E-state index is -0.751. The quantitative estimate of drug-likeness (QED) is 0.289. The van der Waals surface area contributed by atoms with E-state index in [1.54, 1.807) is 17.6 Å². The second kappa shape index (κ2) is 12.0. The average Bonchev–Trinajstić information content (AvgIpc) is 2.91. The number of hydrogen-bond donors (Lipinski definition) is 0. The summed E-state index contributed by atoms with van der Waals surface area (Å²) in [6.45, 7) is 4.77. The van der Waals surface area contributed by atoms with Gasteiger partial charge in [0.15, 0.2) is 6.10 Å². The second-order valence-electron chi connectivity index (χ2n) is 8.22. The highest BCUT2D eigenvalue weighted by Gasteiger charge is 2.22. The first-order valence-corrected chi connectivity index (χ1v) is 12.2. The van der Waals surface area contributed by atoms with Crippen molar-refractivity contribution >= 4 is 16.9 Å². The van der Waals surface area contributed by atoms with Crippen LogP contribution in [0, 0.1) is 0 Å². The zero-order valence-corrected chi connectivity index (χ0v) is 20.6. The summed E-state index contributed by atoms with van der Waals surface area (Å²) in [6.07, 6.45) is 0.270. The molecule has 3 aromatic carbocycles. The van der Waals surface area contributed by atoms with E-state index >= 15 is 0 Å². The largest absolute Gasteiger partial charge is 0.492 e. The maximum absolute atomic E-state index is 12.9. The van der Waals surface area contributed by atoms with Gasteiger partial charge in [0.2, 0.25) is 0 Å². The third-order valence-electron chi connectivity index (χ3n) is 5.76. The van der Waals surface area contributed by atoms with Gasteiger partial charge in [-0.2, -0.15) is 0 Å². The number of fused-ring (bicyclic) bond motifs is 1. The summed E-state index contributed by atoms with van der Waals surface area (Å²) in [6, 6.07) is 24.1. The molecule has 7 nitrogen and oxygen atoms in total. The van der Waals surface area contributed by atoms with E-state index in [0.717, 1.165) is 11.4 Å². The first-order chi connectivity index (χ1) is 17.6. The highest BCUT2D eigenvalue weighted by Crippen LogP contribution is 2.18. The fraction of sp³-hybridized carbons (Fsp3) is 0.276. The van der Waals surface area contributed by atoms with Gasteiger partial charge in [0.25, 0.3) is 5.56 Å². The number of esters is 1. The fourth-order valence-electron chi connectivity index (χ4n) is 3.98. The van der Waals surface area contributed by atoms with E-state index in [4.69, 9.17) is 14.2 Å². The number of hydrogen-bond acceptors (Lipinski definition) is 6. The van der Waals surface area contributed by atoms with Crippen molar-refractivity contribution in [2.45, 2.75) is 39.3 Å². The molecule has 1 heterocycles. The monoisotopic (exact) mass is 486 g/mol. The Morgan fingerprint density at radius 3 is 2.36 bits per heavy atom. The smallest absolute Gasteiger partial charge is 0.347 e. The molecule has 1 unspecified atom stereocenters. The molecule has 4 rings (SSSR count). The molecule has 0 radical (unpaired) electrons. The van der Waals surface area contributed by atoms with E-state index in [2.05, 4.69) is 4.98 Å². The van der Waals surface area contributed by atoms with Crippen LogP contribution in [0.3, 0.4) is 0 Å². The van der Waals surface area contributed by atoms with Crippen molar-refractivity contribution < 1.29 is 19.0 Å². The fourth-order valence-corrected chi connectivity index (χ4v) is 3.98. The lowest BCUT2D eigenvalue weighted by molar-refractivity contribution is -0.151. The minimum absolute atomic E-state index is 0.0557. The summed E-state index contributed by atoms with van der Waals surface area (Å²) in [4.78, 5) is 30.0. The Morgan fingerprint density at radius 1 is 0.917 bits per heavy atom. The van der Waals surface area contributed by atoms with Gasteiger partial charge in [0.05, 0.1) is 24.1 Å². The van der Waals surface area contributed by atoms with Gasteiger partial charge in [-0.3, -0.25) is 9.36 Å². The Balaban J connectivity index is 1.40. The molecule has 1 aromatic heterocycles. The molecular formula is C29H30N2O5. The van der Waals surface area contributed by atoms with Gasteiger partial charge in [0.1, 0.15) is 23.9 Å². The maximum Gasteiger partial charge on any atom is 0.347 e. The topological polar surface area (TPSA) is 79.7 Å². The summed E-state index contributed by atoms with van der Waals surface area (Å²) >= 11 is 0. The molecule has 0 aliphatic heterocycles. The number of aryl methyl sites for hydroxylation is 1. The Morgan fingerprint density at radius 2 is 1.64 bits per heavy atom. The van der Waals surface area contributed by atoms with Crippen LogP contribution in [-0.4, -0.2) is 34.8 Å². The molecule has 0 amide bonds. The summed E-state index contributed by atoms with van der Waals surface area (Å²) < 4.78 is 18.7. The van der Waals surface area contributed by atoms with Crippen LogP contribution in [0.15, 0.2) is 83.7 Å². The molecule has 0 aliphatic carbocycles. The highest BCUT2D eigenvalue weighted by atomic mass is 16.6. The zero-order valence-electron chi connectivity index (χ0n) is 20.6. The molecule has 36 heavy (non-hydrogen) atoms. The van der Waals surface area contributed by atoms with Crippen LogP contribution in [0.1, 0.15) is 25.2 Å². The van der Waals surface area contributed by atoms with Gasteiger partial charge < -0.3 is 14.2 Å². The minimum Gasteiger partial charge on any atom is -0.492 e. The molecule has 0 spiro atoms. The summed E-state index contributed by atoms with van der Waals surface area (Å²) in [5, 5.41) is 0.605. The normalized spacial score (nSPS) is 11.7. The molecule has 0 saturated heterocycles. The van der Waals surface area contributed by atoms with Crippen LogP contribution in [0.4, 0.5) is 0 Å². The van der Waals surface area contributed by atoms with Gasteiger partial charge in [-0.05, 0) is 48.9 Å². The molecule has 0 aliphatic rings. The van der Waals surface area contributed by atoms with E-state index in [1.807, 2.05) is 79.7 Å².